The minimum Gasteiger partial charge on any atom is -0.454 e. The van der Waals surface area contributed by atoms with Crippen molar-refractivity contribution in [2.24, 2.45) is 0 Å². The van der Waals surface area contributed by atoms with Crippen molar-refractivity contribution in [3.8, 4) is 11.5 Å². The summed E-state index contributed by atoms with van der Waals surface area (Å²) in [5.74, 6) is 2.70. The lowest BCUT2D eigenvalue weighted by Gasteiger charge is -2.25. The van der Waals surface area contributed by atoms with Crippen LogP contribution in [0.25, 0.3) is 0 Å². The third kappa shape index (κ3) is 3.52. The highest BCUT2D eigenvalue weighted by molar-refractivity contribution is 5.96. The van der Waals surface area contributed by atoms with Crippen molar-refractivity contribution in [1.29, 1.82) is 0 Å². The molecule has 0 spiro atoms. The van der Waals surface area contributed by atoms with Gasteiger partial charge in [-0.3, -0.25) is 9.78 Å². The Morgan fingerprint density at radius 2 is 1.90 bits per heavy atom. The molecule has 2 aliphatic rings. The Morgan fingerprint density at radius 3 is 2.77 bits per heavy atom. The second-order valence-corrected chi connectivity index (χ2v) is 7.37. The molecule has 30 heavy (non-hydrogen) atoms. The van der Waals surface area contributed by atoms with Crippen molar-refractivity contribution < 1.29 is 14.3 Å². The lowest BCUT2D eigenvalue weighted by molar-refractivity contribution is 0.0940. The van der Waals surface area contributed by atoms with E-state index in [4.69, 9.17) is 14.5 Å². The summed E-state index contributed by atoms with van der Waals surface area (Å²) in [4.78, 5) is 28.1. The standard InChI is InChI=1S/C22H21N5O3/c1-27(12-14-4-7-23-8-5-14)21-16-6-9-24-22(28)20(16)25-19(26-21)11-15-2-3-17-18(10-15)30-13-29-17/h2-5,7-8,10H,6,9,11-13H2,1H3,(H,24,28). The van der Waals surface area contributed by atoms with Crippen molar-refractivity contribution in [2.45, 2.75) is 19.4 Å². The van der Waals surface area contributed by atoms with Crippen LogP contribution >= 0.6 is 0 Å². The van der Waals surface area contributed by atoms with Gasteiger partial charge in [0.2, 0.25) is 6.79 Å². The molecular formula is C22H21N5O3. The first-order valence-electron chi connectivity index (χ1n) is 9.84. The molecule has 5 rings (SSSR count). The van der Waals surface area contributed by atoms with Crippen LogP contribution in [0.1, 0.15) is 33.0 Å². The van der Waals surface area contributed by atoms with Gasteiger partial charge in [0.15, 0.2) is 11.5 Å². The van der Waals surface area contributed by atoms with Gasteiger partial charge in [-0.2, -0.15) is 0 Å². The van der Waals surface area contributed by atoms with E-state index in [1.165, 1.54) is 0 Å². The molecule has 152 valence electrons. The number of fused-ring (bicyclic) bond motifs is 2. The van der Waals surface area contributed by atoms with E-state index in [2.05, 4.69) is 20.2 Å². The van der Waals surface area contributed by atoms with Gasteiger partial charge in [0.1, 0.15) is 17.3 Å². The smallest absolute Gasteiger partial charge is 0.270 e. The second kappa shape index (κ2) is 7.62. The fraction of sp³-hybridized carbons (Fsp3) is 0.273. The molecule has 1 N–H and O–H groups in total. The number of ether oxygens (including phenoxy) is 2. The van der Waals surface area contributed by atoms with Gasteiger partial charge in [-0.1, -0.05) is 6.07 Å². The summed E-state index contributed by atoms with van der Waals surface area (Å²) in [6.07, 6.45) is 4.75. The van der Waals surface area contributed by atoms with Crippen LogP contribution in [-0.2, 0) is 19.4 Å². The summed E-state index contributed by atoms with van der Waals surface area (Å²) >= 11 is 0. The molecule has 1 amide bonds. The molecule has 0 aliphatic carbocycles. The van der Waals surface area contributed by atoms with E-state index < -0.39 is 0 Å². The van der Waals surface area contributed by atoms with Crippen LogP contribution in [0.3, 0.4) is 0 Å². The molecule has 0 bridgehead atoms. The molecule has 0 atom stereocenters. The molecule has 0 saturated carbocycles. The number of pyridine rings is 1. The van der Waals surface area contributed by atoms with Gasteiger partial charge in [-0.05, 0) is 41.8 Å². The monoisotopic (exact) mass is 403 g/mol. The quantitative estimate of drug-likeness (QED) is 0.698. The second-order valence-electron chi connectivity index (χ2n) is 7.37. The maximum absolute atomic E-state index is 12.5. The van der Waals surface area contributed by atoms with Crippen LogP contribution in [-0.4, -0.2) is 41.2 Å². The SMILES string of the molecule is CN(Cc1ccncc1)c1nc(Cc2ccc3c(c2)OCO3)nc2c1CCNC2=O. The third-order valence-electron chi connectivity index (χ3n) is 5.24. The summed E-state index contributed by atoms with van der Waals surface area (Å²) in [5.41, 5.74) is 3.48. The van der Waals surface area contributed by atoms with E-state index >= 15 is 0 Å². The predicted octanol–water partition coefficient (Wildman–Crippen LogP) is 2.11. The Hall–Kier alpha value is -3.68. The summed E-state index contributed by atoms with van der Waals surface area (Å²) < 4.78 is 10.9. The number of hydrogen-bond acceptors (Lipinski definition) is 7. The number of nitrogens with zero attached hydrogens (tertiary/aromatic N) is 4. The van der Waals surface area contributed by atoms with Crippen LogP contribution in [0.4, 0.5) is 5.82 Å². The summed E-state index contributed by atoms with van der Waals surface area (Å²) in [6.45, 7) is 1.49. The Bertz CT molecular complexity index is 1100. The molecule has 4 heterocycles. The lowest BCUT2D eigenvalue weighted by atomic mass is 10.0. The Labute approximate surface area is 173 Å². The third-order valence-corrected chi connectivity index (χ3v) is 5.24. The number of benzene rings is 1. The maximum atomic E-state index is 12.5. The van der Waals surface area contributed by atoms with Crippen molar-refractivity contribution >= 4 is 11.7 Å². The molecule has 0 saturated heterocycles. The largest absolute Gasteiger partial charge is 0.454 e. The molecule has 8 heteroatoms. The molecule has 3 aromatic rings. The number of hydrogen-bond donors (Lipinski definition) is 1. The highest BCUT2D eigenvalue weighted by Gasteiger charge is 2.25. The molecular weight excluding hydrogens is 382 g/mol. The van der Waals surface area contributed by atoms with Crippen LogP contribution in [0.2, 0.25) is 0 Å². The normalized spacial score (nSPS) is 14.2. The number of rotatable bonds is 5. The lowest BCUT2D eigenvalue weighted by Crippen LogP contribution is -2.35. The zero-order valence-corrected chi connectivity index (χ0v) is 16.6. The maximum Gasteiger partial charge on any atom is 0.270 e. The molecule has 1 aromatic carbocycles. The molecule has 2 aliphatic heterocycles. The van der Waals surface area contributed by atoms with Gasteiger partial charge < -0.3 is 19.7 Å². The molecule has 0 fully saturated rings. The Morgan fingerprint density at radius 1 is 1.07 bits per heavy atom. The predicted molar refractivity (Wildman–Crippen MR) is 110 cm³/mol. The summed E-state index contributed by atoms with van der Waals surface area (Å²) in [6, 6.07) is 9.75. The number of aromatic nitrogens is 3. The topological polar surface area (TPSA) is 89.5 Å². The first-order valence-corrected chi connectivity index (χ1v) is 9.84. The fourth-order valence-corrected chi connectivity index (χ4v) is 3.79. The zero-order valence-electron chi connectivity index (χ0n) is 16.6. The van der Waals surface area contributed by atoms with Crippen molar-refractivity contribution in [1.82, 2.24) is 20.3 Å². The van der Waals surface area contributed by atoms with Crippen molar-refractivity contribution in [2.75, 3.05) is 25.3 Å². The number of carbonyl (C=O) groups is 1. The van der Waals surface area contributed by atoms with Gasteiger partial charge in [-0.25, -0.2) is 9.97 Å². The first kappa shape index (κ1) is 18.4. The number of carbonyl (C=O) groups excluding carboxylic acids is 1. The van der Waals surface area contributed by atoms with Crippen LogP contribution in [0, 0.1) is 0 Å². The van der Waals surface area contributed by atoms with Crippen molar-refractivity contribution in [3.63, 3.8) is 0 Å². The van der Waals surface area contributed by atoms with E-state index in [1.54, 1.807) is 12.4 Å². The summed E-state index contributed by atoms with van der Waals surface area (Å²) in [5, 5.41) is 2.89. The highest BCUT2D eigenvalue weighted by atomic mass is 16.7. The van der Waals surface area contributed by atoms with Gasteiger partial charge in [0, 0.05) is 44.5 Å². The molecule has 2 aromatic heterocycles. The fourth-order valence-electron chi connectivity index (χ4n) is 3.79. The van der Waals surface area contributed by atoms with E-state index in [0.29, 0.717) is 37.4 Å². The average Bonchev–Trinajstić information content (AvgIpc) is 3.22. The van der Waals surface area contributed by atoms with E-state index in [-0.39, 0.29) is 12.7 Å². The number of amides is 1. The first-order chi connectivity index (χ1) is 14.7. The van der Waals surface area contributed by atoms with Gasteiger partial charge in [-0.15, -0.1) is 0 Å². The Balaban J connectivity index is 1.49. The van der Waals surface area contributed by atoms with Crippen molar-refractivity contribution in [3.05, 3.63) is 70.9 Å². The van der Waals surface area contributed by atoms with Crippen LogP contribution in [0.15, 0.2) is 42.7 Å². The minimum atomic E-state index is -0.149. The molecule has 8 nitrogen and oxygen atoms in total. The Kier molecular flexibility index (Phi) is 4.66. The van der Waals surface area contributed by atoms with E-state index in [1.807, 2.05) is 37.4 Å². The summed E-state index contributed by atoms with van der Waals surface area (Å²) in [7, 11) is 1.99. The van der Waals surface area contributed by atoms with Crippen LogP contribution < -0.4 is 19.7 Å². The minimum absolute atomic E-state index is 0.149. The van der Waals surface area contributed by atoms with E-state index in [0.717, 1.165) is 34.0 Å². The zero-order chi connectivity index (χ0) is 20.5. The van der Waals surface area contributed by atoms with E-state index in [9.17, 15) is 4.79 Å². The average molecular weight is 403 g/mol. The number of anilines is 1. The van der Waals surface area contributed by atoms with Gasteiger partial charge in [0.25, 0.3) is 5.91 Å². The highest BCUT2D eigenvalue weighted by Crippen LogP contribution is 2.33. The molecule has 0 unspecified atom stereocenters. The van der Waals surface area contributed by atoms with Crippen LogP contribution in [0.5, 0.6) is 11.5 Å². The van der Waals surface area contributed by atoms with Gasteiger partial charge >= 0.3 is 0 Å². The van der Waals surface area contributed by atoms with Gasteiger partial charge in [0.05, 0.1) is 0 Å². The molecule has 0 radical (unpaired) electrons. The number of nitrogens with one attached hydrogen (secondary N) is 1.